The molecular formula is C14H18N4O2. The number of benzene rings is 1. The molecule has 0 radical (unpaired) electrons. The van der Waals surface area contributed by atoms with Crippen molar-refractivity contribution >= 4 is 17.3 Å². The van der Waals surface area contributed by atoms with Crippen molar-refractivity contribution < 1.29 is 9.53 Å². The Morgan fingerprint density at radius 3 is 2.80 bits per heavy atom. The predicted molar refractivity (Wildman–Crippen MR) is 78.0 cm³/mol. The van der Waals surface area contributed by atoms with Crippen LogP contribution in [0.3, 0.4) is 0 Å². The van der Waals surface area contributed by atoms with Crippen LogP contribution in [0.2, 0.25) is 0 Å². The summed E-state index contributed by atoms with van der Waals surface area (Å²) < 4.78 is 6.76. The highest BCUT2D eigenvalue weighted by Gasteiger charge is 2.15. The number of nitrogens with one attached hydrogen (secondary N) is 1. The van der Waals surface area contributed by atoms with Crippen molar-refractivity contribution in [1.82, 2.24) is 9.78 Å². The minimum absolute atomic E-state index is 0.238. The zero-order chi connectivity index (χ0) is 14.7. The Morgan fingerprint density at radius 1 is 1.50 bits per heavy atom. The fourth-order valence-corrected chi connectivity index (χ4v) is 1.86. The second-order valence-corrected chi connectivity index (χ2v) is 4.42. The molecule has 6 nitrogen and oxygen atoms in total. The topological polar surface area (TPSA) is 82.2 Å². The maximum absolute atomic E-state index is 12.2. The van der Waals surface area contributed by atoms with Gasteiger partial charge in [-0.3, -0.25) is 9.48 Å². The Balaban J connectivity index is 2.21. The molecule has 0 saturated carbocycles. The second-order valence-electron chi connectivity index (χ2n) is 4.42. The number of hydrogen-bond donors (Lipinski definition) is 2. The fourth-order valence-electron chi connectivity index (χ4n) is 1.86. The summed E-state index contributed by atoms with van der Waals surface area (Å²) >= 11 is 0. The Morgan fingerprint density at radius 2 is 2.25 bits per heavy atom. The van der Waals surface area contributed by atoms with Crippen molar-refractivity contribution in [1.29, 1.82) is 0 Å². The molecule has 6 heteroatoms. The van der Waals surface area contributed by atoms with Crippen molar-refractivity contribution in [2.75, 3.05) is 18.2 Å². The molecule has 2 rings (SSSR count). The molecule has 0 aliphatic carbocycles. The number of carbonyl (C=O) groups is 1. The van der Waals surface area contributed by atoms with Gasteiger partial charge in [-0.25, -0.2) is 0 Å². The van der Waals surface area contributed by atoms with E-state index in [9.17, 15) is 4.79 Å². The first-order chi connectivity index (χ1) is 9.55. The van der Waals surface area contributed by atoms with Crippen LogP contribution in [-0.4, -0.2) is 22.8 Å². The Labute approximate surface area is 117 Å². The summed E-state index contributed by atoms with van der Waals surface area (Å²) in [5.74, 6) is 0.429. The summed E-state index contributed by atoms with van der Waals surface area (Å²) in [5, 5.41) is 6.95. The number of anilines is 2. The molecule has 3 N–H and O–H groups in total. The molecular weight excluding hydrogens is 256 g/mol. The molecule has 0 fully saturated rings. The molecule has 0 atom stereocenters. The van der Waals surface area contributed by atoms with Crippen molar-refractivity contribution in [2.45, 2.75) is 20.4 Å². The maximum atomic E-state index is 12.2. The van der Waals surface area contributed by atoms with Crippen molar-refractivity contribution in [2.24, 2.45) is 0 Å². The molecule has 0 unspecified atom stereocenters. The molecule has 0 saturated heterocycles. The van der Waals surface area contributed by atoms with Crippen LogP contribution in [0.15, 0.2) is 24.4 Å². The number of aryl methyl sites for hydroxylation is 2. The Bertz CT molecular complexity index is 634. The molecule has 0 aliphatic heterocycles. The number of carbonyl (C=O) groups excluding carboxylic acids is 1. The van der Waals surface area contributed by atoms with Crippen molar-refractivity contribution in [3.05, 3.63) is 35.7 Å². The molecule has 1 aromatic carbocycles. The maximum Gasteiger partial charge on any atom is 0.278 e. The lowest BCUT2D eigenvalue weighted by Crippen LogP contribution is -2.15. The van der Waals surface area contributed by atoms with Crippen LogP contribution in [-0.2, 0) is 6.54 Å². The third-order valence-electron chi connectivity index (χ3n) is 3.01. The third kappa shape index (κ3) is 2.74. The van der Waals surface area contributed by atoms with E-state index in [1.54, 1.807) is 30.1 Å². The number of hydrogen-bond acceptors (Lipinski definition) is 4. The highest BCUT2D eigenvalue weighted by Crippen LogP contribution is 2.22. The van der Waals surface area contributed by atoms with Crippen LogP contribution in [0.5, 0.6) is 5.75 Å². The lowest BCUT2D eigenvalue weighted by molar-refractivity contribution is 0.102. The SMILES string of the molecule is CCn1cc(N)c(C(=O)Nc2ccc(OC)cc2C)n1. The van der Waals surface area contributed by atoms with Gasteiger partial charge in [0, 0.05) is 18.4 Å². The van der Waals surface area contributed by atoms with Crippen LogP contribution in [0.1, 0.15) is 23.0 Å². The zero-order valence-corrected chi connectivity index (χ0v) is 11.8. The molecule has 0 spiro atoms. The van der Waals surface area contributed by atoms with Gasteiger partial charge in [0.05, 0.1) is 12.8 Å². The van der Waals surface area contributed by atoms with Gasteiger partial charge in [-0.2, -0.15) is 5.10 Å². The van der Waals surface area contributed by atoms with Gasteiger partial charge in [0.15, 0.2) is 5.69 Å². The lowest BCUT2D eigenvalue weighted by Gasteiger charge is -2.09. The number of ether oxygens (including phenoxy) is 1. The van der Waals surface area contributed by atoms with E-state index in [2.05, 4.69) is 10.4 Å². The summed E-state index contributed by atoms with van der Waals surface area (Å²) in [5.41, 5.74) is 8.02. The van der Waals surface area contributed by atoms with E-state index in [1.165, 1.54) is 0 Å². The normalized spacial score (nSPS) is 10.3. The summed E-state index contributed by atoms with van der Waals surface area (Å²) in [6.45, 7) is 4.49. The van der Waals surface area contributed by atoms with Gasteiger partial charge in [0.1, 0.15) is 5.75 Å². The summed E-state index contributed by atoms with van der Waals surface area (Å²) in [7, 11) is 1.60. The van der Waals surface area contributed by atoms with Crippen molar-refractivity contribution in [3.8, 4) is 5.75 Å². The van der Waals surface area contributed by atoms with Crippen molar-refractivity contribution in [3.63, 3.8) is 0 Å². The highest BCUT2D eigenvalue weighted by atomic mass is 16.5. The van der Waals surface area contributed by atoms with E-state index in [0.717, 1.165) is 11.3 Å². The standard InChI is InChI=1S/C14H18N4O2/c1-4-18-8-11(15)13(17-18)14(19)16-12-6-5-10(20-3)7-9(12)2/h5-8H,4,15H2,1-3H3,(H,16,19). The van der Waals surface area contributed by atoms with Crippen LogP contribution in [0.25, 0.3) is 0 Å². The number of nitrogens with zero attached hydrogens (tertiary/aromatic N) is 2. The predicted octanol–water partition coefficient (Wildman–Crippen LogP) is 2.05. The van der Waals surface area contributed by atoms with E-state index in [1.807, 2.05) is 19.9 Å². The van der Waals surface area contributed by atoms with Crippen LogP contribution in [0.4, 0.5) is 11.4 Å². The molecule has 0 aliphatic rings. The number of nitrogen functional groups attached to an aromatic ring is 1. The molecule has 20 heavy (non-hydrogen) atoms. The lowest BCUT2D eigenvalue weighted by atomic mass is 10.2. The molecule has 106 valence electrons. The number of rotatable bonds is 4. The second kappa shape index (κ2) is 5.64. The first-order valence-electron chi connectivity index (χ1n) is 6.34. The van der Waals surface area contributed by atoms with E-state index in [0.29, 0.717) is 17.9 Å². The number of amides is 1. The third-order valence-corrected chi connectivity index (χ3v) is 3.01. The number of methoxy groups -OCH3 is 1. The van der Waals surface area contributed by atoms with Crippen LogP contribution in [0, 0.1) is 6.92 Å². The van der Waals surface area contributed by atoms with Gasteiger partial charge in [0.2, 0.25) is 0 Å². The first-order valence-corrected chi connectivity index (χ1v) is 6.34. The average Bonchev–Trinajstić information content (AvgIpc) is 2.82. The Kier molecular flexibility index (Phi) is 3.93. The largest absolute Gasteiger partial charge is 0.497 e. The molecule has 1 amide bonds. The molecule has 2 aromatic rings. The van der Waals surface area contributed by atoms with E-state index < -0.39 is 0 Å². The van der Waals surface area contributed by atoms with E-state index in [-0.39, 0.29) is 11.6 Å². The molecule has 0 bridgehead atoms. The molecule has 1 aromatic heterocycles. The summed E-state index contributed by atoms with van der Waals surface area (Å²) in [4.78, 5) is 12.2. The van der Waals surface area contributed by atoms with Gasteiger partial charge in [-0.1, -0.05) is 0 Å². The van der Waals surface area contributed by atoms with Gasteiger partial charge >= 0.3 is 0 Å². The monoisotopic (exact) mass is 274 g/mol. The quantitative estimate of drug-likeness (QED) is 0.894. The Hall–Kier alpha value is -2.50. The number of aromatic nitrogens is 2. The van der Waals surface area contributed by atoms with Crippen LogP contribution >= 0.6 is 0 Å². The minimum Gasteiger partial charge on any atom is -0.497 e. The van der Waals surface area contributed by atoms with Gasteiger partial charge < -0.3 is 15.8 Å². The fraction of sp³-hybridized carbons (Fsp3) is 0.286. The molecule has 1 heterocycles. The minimum atomic E-state index is -0.317. The summed E-state index contributed by atoms with van der Waals surface area (Å²) in [6, 6.07) is 5.43. The van der Waals surface area contributed by atoms with Crippen LogP contribution < -0.4 is 15.8 Å². The zero-order valence-electron chi connectivity index (χ0n) is 11.8. The highest BCUT2D eigenvalue weighted by molar-refractivity contribution is 6.06. The van der Waals surface area contributed by atoms with Gasteiger partial charge in [0.25, 0.3) is 5.91 Å². The smallest absolute Gasteiger partial charge is 0.278 e. The number of nitrogens with two attached hydrogens (primary N) is 1. The van der Waals surface area contributed by atoms with Gasteiger partial charge in [-0.15, -0.1) is 0 Å². The first kappa shape index (κ1) is 13.9. The van der Waals surface area contributed by atoms with E-state index >= 15 is 0 Å². The average molecular weight is 274 g/mol. The van der Waals surface area contributed by atoms with E-state index in [4.69, 9.17) is 10.5 Å². The summed E-state index contributed by atoms with van der Waals surface area (Å²) in [6.07, 6.45) is 1.65. The van der Waals surface area contributed by atoms with Gasteiger partial charge in [-0.05, 0) is 37.6 Å².